The molecule has 0 aromatic carbocycles. The topological polar surface area (TPSA) is 87.2 Å². The van der Waals surface area contributed by atoms with Crippen LogP contribution < -0.4 is 0 Å². The van der Waals surface area contributed by atoms with Gasteiger partial charge in [0.25, 0.3) is 0 Å². The van der Waals surface area contributed by atoms with Crippen molar-refractivity contribution in [3.8, 4) is 0 Å². The Bertz CT molecular complexity index is 514. The van der Waals surface area contributed by atoms with E-state index in [1.54, 1.807) is 16.7 Å². The molecule has 2 rings (SSSR count). The quantitative estimate of drug-likeness (QED) is 0.708. The molecule has 0 spiro atoms. The first-order valence-electron chi connectivity index (χ1n) is 7.61. The Hall–Kier alpha value is -1.35. The highest BCUT2D eigenvalue weighted by Crippen LogP contribution is 2.14. The standard InChI is InChI=1S/C13H23N3O5S/c1-2-21-13(18)15-8-6-14(7-9-15)12(17)11-16-5-3-4-10-22(16,19)20/h2-11H2,1H3. The Kier molecular flexibility index (Phi) is 5.63. The van der Waals surface area contributed by atoms with Crippen molar-refractivity contribution >= 4 is 22.0 Å². The number of amides is 2. The number of ether oxygens (including phenoxy) is 1. The van der Waals surface area contributed by atoms with E-state index in [9.17, 15) is 18.0 Å². The first-order chi connectivity index (χ1) is 10.4. The molecule has 0 unspecified atom stereocenters. The zero-order valence-electron chi connectivity index (χ0n) is 12.9. The number of hydrogen-bond donors (Lipinski definition) is 0. The summed E-state index contributed by atoms with van der Waals surface area (Å²) in [5.41, 5.74) is 0. The second-order valence-electron chi connectivity index (χ2n) is 5.42. The third kappa shape index (κ3) is 4.10. The summed E-state index contributed by atoms with van der Waals surface area (Å²) in [5.74, 6) is -0.0781. The van der Waals surface area contributed by atoms with Gasteiger partial charge in [-0.1, -0.05) is 0 Å². The van der Waals surface area contributed by atoms with Crippen molar-refractivity contribution in [3.63, 3.8) is 0 Å². The van der Waals surface area contributed by atoms with Gasteiger partial charge in [0.1, 0.15) is 0 Å². The number of carbonyl (C=O) groups excluding carboxylic acids is 2. The number of rotatable bonds is 3. The number of hydrogen-bond acceptors (Lipinski definition) is 5. The summed E-state index contributed by atoms with van der Waals surface area (Å²) in [6.07, 6.45) is 1.09. The van der Waals surface area contributed by atoms with Crippen LogP contribution in [0.1, 0.15) is 19.8 Å². The van der Waals surface area contributed by atoms with Gasteiger partial charge in [0.2, 0.25) is 15.9 Å². The molecule has 2 saturated heterocycles. The van der Waals surface area contributed by atoms with E-state index in [-0.39, 0.29) is 24.3 Å². The molecule has 2 heterocycles. The van der Waals surface area contributed by atoms with Crippen molar-refractivity contribution in [3.05, 3.63) is 0 Å². The molecule has 0 aliphatic carbocycles. The Morgan fingerprint density at radius 3 is 2.23 bits per heavy atom. The molecule has 0 saturated carbocycles. The third-order valence-corrected chi connectivity index (χ3v) is 5.83. The first kappa shape index (κ1) is 17.0. The van der Waals surface area contributed by atoms with Crippen LogP contribution in [0.5, 0.6) is 0 Å². The smallest absolute Gasteiger partial charge is 0.409 e. The lowest BCUT2D eigenvalue weighted by Crippen LogP contribution is -2.53. The molecule has 0 bridgehead atoms. The van der Waals surface area contributed by atoms with E-state index in [0.717, 1.165) is 6.42 Å². The Morgan fingerprint density at radius 1 is 1.00 bits per heavy atom. The van der Waals surface area contributed by atoms with E-state index < -0.39 is 10.0 Å². The van der Waals surface area contributed by atoms with E-state index in [4.69, 9.17) is 4.74 Å². The van der Waals surface area contributed by atoms with E-state index >= 15 is 0 Å². The van der Waals surface area contributed by atoms with Crippen LogP contribution in [0.3, 0.4) is 0 Å². The van der Waals surface area contributed by atoms with Crippen molar-refractivity contribution in [1.29, 1.82) is 0 Å². The van der Waals surface area contributed by atoms with Crippen LogP contribution in [-0.4, -0.2) is 86.2 Å². The second-order valence-corrected chi connectivity index (χ2v) is 7.51. The minimum atomic E-state index is -3.29. The van der Waals surface area contributed by atoms with Crippen LogP contribution >= 0.6 is 0 Å². The van der Waals surface area contributed by atoms with Crippen molar-refractivity contribution < 1.29 is 22.7 Å². The minimum absolute atomic E-state index is 0.0955. The van der Waals surface area contributed by atoms with E-state index in [1.165, 1.54) is 4.31 Å². The van der Waals surface area contributed by atoms with Gasteiger partial charge in [0, 0.05) is 32.7 Å². The van der Waals surface area contributed by atoms with E-state index in [2.05, 4.69) is 0 Å². The maximum absolute atomic E-state index is 12.2. The zero-order valence-corrected chi connectivity index (χ0v) is 13.7. The summed E-state index contributed by atoms with van der Waals surface area (Å²) >= 11 is 0. The molecule has 22 heavy (non-hydrogen) atoms. The Balaban J connectivity index is 1.83. The van der Waals surface area contributed by atoms with Crippen LogP contribution in [0.25, 0.3) is 0 Å². The van der Waals surface area contributed by atoms with Crippen molar-refractivity contribution in [2.24, 2.45) is 0 Å². The minimum Gasteiger partial charge on any atom is -0.450 e. The number of sulfonamides is 1. The fourth-order valence-corrected chi connectivity index (χ4v) is 4.16. The maximum atomic E-state index is 12.2. The van der Waals surface area contributed by atoms with Gasteiger partial charge < -0.3 is 14.5 Å². The molecule has 0 aromatic heterocycles. The fraction of sp³-hybridized carbons (Fsp3) is 0.846. The van der Waals surface area contributed by atoms with Gasteiger partial charge in [0.15, 0.2) is 0 Å². The Morgan fingerprint density at radius 2 is 1.64 bits per heavy atom. The summed E-state index contributed by atoms with van der Waals surface area (Å²) in [7, 11) is -3.29. The molecule has 8 nitrogen and oxygen atoms in total. The van der Waals surface area contributed by atoms with Gasteiger partial charge >= 0.3 is 6.09 Å². The molecule has 2 aliphatic heterocycles. The van der Waals surface area contributed by atoms with Gasteiger partial charge in [-0.15, -0.1) is 0 Å². The van der Waals surface area contributed by atoms with Gasteiger partial charge in [-0.05, 0) is 19.8 Å². The molecule has 0 radical (unpaired) electrons. The maximum Gasteiger partial charge on any atom is 0.409 e. The van der Waals surface area contributed by atoms with Gasteiger partial charge in [0.05, 0.1) is 18.9 Å². The summed E-state index contributed by atoms with van der Waals surface area (Å²) in [4.78, 5) is 27.0. The average Bonchev–Trinajstić information content (AvgIpc) is 2.49. The predicted octanol–water partition coefficient (Wildman–Crippen LogP) is -0.287. The molecule has 126 valence electrons. The summed E-state index contributed by atoms with van der Waals surface area (Å²) < 4.78 is 30.0. The summed E-state index contributed by atoms with van der Waals surface area (Å²) in [6.45, 7) is 4.03. The zero-order chi connectivity index (χ0) is 16.2. The largest absolute Gasteiger partial charge is 0.450 e. The van der Waals surface area contributed by atoms with Gasteiger partial charge in [-0.3, -0.25) is 4.79 Å². The van der Waals surface area contributed by atoms with Crippen LogP contribution in [-0.2, 0) is 19.6 Å². The lowest BCUT2D eigenvalue weighted by atomic mass is 10.3. The highest BCUT2D eigenvalue weighted by molar-refractivity contribution is 7.89. The van der Waals surface area contributed by atoms with Crippen molar-refractivity contribution in [2.75, 3.05) is 51.6 Å². The second kappa shape index (κ2) is 7.28. The van der Waals surface area contributed by atoms with Crippen molar-refractivity contribution in [2.45, 2.75) is 19.8 Å². The van der Waals surface area contributed by atoms with E-state index in [1.807, 2.05) is 0 Å². The van der Waals surface area contributed by atoms with E-state index in [0.29, 0.717) is 45.8 Å². The molecule has 2 fully saturated rings. The lowest BCUT2D eigenvalue weighted by Gasteiger charge is -2.35. The van der Waals surface area contributed by atoms with Crippen LogP contribution in [0.2, 0.25) is 0 Å². The number of nitrogens with zero attached hydrogens (tertiary/aromatic N) is 3. The third-order valence-electron chi connectivity index (χ3n) is 3.92. The SMILES string of the molecule is CCOC(=O)N1CCN(C(=O)CN2CCCCS2(=O)=O)CC1. The lowest BCUT2D eigenvalue weighted by molar-refractivity contribution is -0.133. The fourth-order valence-electron chi connectivity index (χ4n) is 2.62. The highest BCUT2D eigenvalue weighted by atomic mass is 32.2. The molecule has 0 aromatic rings. The summed E-state index contributed by atoms with van der Waals surface area (Å²) in [6, 6.07) is 0. The summed E-state index contributed by atoms with van der Waals surface area (Å²) in [5, 5.41) is 0. The van der Waals surface area contributed by atoms with Gasteiger partial charge in [-0.25, -0.2) is 13.2 Å². The van der Waals surface area contributed by atoms with Crippen molar-refractivity contribution in [1.82, 2.24) is 14.1 Å². The van der Waals surface area contributed by atoms with Crippen LogP contribution in [0, 0.1) is 0 Å². The average molecular weight is 333 g/mol. The Labute approximate surface area is 131 Å². The van der Waals surface area contributed by atoms with Gasteiger partial charge in [-0.2, -0.15) is 4.31 Å². The monoisotopic (exact) mass is 333 g/mol. The molecule has 2 aliphatic rings. The molecule has 0 N–H and O–H groups in total. The normalized spacial score (nSPS) is 22.4. The molecular formula is C13H23N3O5S. The predicted molar refractivity (Wildman–Crippen MR) is 79.8 cm³/mol. The number of piperazine rings is 1. The first-order valence-corrected chi connectivity index (χ1v) is 9.22. The van der Waals surface area contributed by atoms with Crippen LogP contribution in [0.15, 0.2) is 0 Å². The molecular weight excluding hydrogens is 310 g/mol. The molecule has 2 amide bonds. The number of carbonyl (C=O) groups is 2. The molecule has 9 heteroatoms. The van der Waals surface area contributed by atoms with Crippen LogP contribution in [0.4, 0.5) is 4.79 Å². The highest BCUT2D eigenvalue weighted by Gasteiger charge is 2.31. The molecule has 0 atom stereocenters.